The molecule has 34 heavy (non-hydrogen) atoms. The SMILES string of the molecule is CCC(C)[NH-].[Cl-].[Cl-].[Ti+4].[c-]1cccc2c1Cc1ccccc1-2.c1ccc([SiH]c2ccccc2)cc1. The van der Waals surface area contributed by atoms with Crippen molar-refractivity contribution in [1.82, 2.24) is 0 Å². The van der Waals surface area contributed by atoms with Crippen molar-refractivity contribution in [2.45, 2.75) is 32.7 Å². The molecule has 1 nitrogen and oxygen atoms in total. The zero-order chi connectivity index (χ0) is 21.9. The van der Waals surface area contributed by atoms with Crippen molar-refractivity contribution >= 4 is 19.9 Å². The van der Waals surface area contributed by atoms with Crippen molar-refractivity contribution in [2.24, 2.45) is 0 Å². The first-order chi connectivity index (χ1) is 15.2. The van der Waals surface area contributed by atoms with Gasteiger partial charge in [0, 0.05) is 0 Å². The van der Waals surface area contributed by atoms with Crippen LogP contribution in [0.15, 0.2) is 103 Å². The van der Waals surface area contributed by atoms with Gasteiger partial charge in [-0.05, 0) is 6.42 Å². The zero-order valence-corrected chi connectivity index (χ0v) is 23.9. The van der Waals surface area contributed by atoms with Gasteiger partial charge >= 0.3 is 21.7 Å². The molecule has 1 radical (unpaired) electrons. The van der Waals surface area contributed by atoms with E-state index in [0.717, 1.165) is 12.8 Å². The van der Waals surface area contributed by atoms with Gasteiger partial charge in [0.2, 0.25) is 0 Å². The Morgan fingerprint density at radius 3 is 1.76 bits per heavy atom. The standard InChI is InChI=1S/C13H9.C12H11Si.C4H10N.2ClH.Ti/c1-3-7-12-10(5-1)9-11-6-2-4-8-13(11)12;1-3-7-11(8-4-1)13-12-9-5-2-6-10-12;1-3-4(2)5;;;/h1-5,7-8H,9H2;1-10,13H;4-5H,3H2,1-2H3;2*1H;/q-1;;-1;;;+4/p-2. The molecule has 1 aliphatic carbocycles. The third-order valence-corrected chi connectivity index (χ3v) is 6.60. The molecule has 4 aromatic rings. The molecule has 0 aliphatic heterocycles. The Hall–Kier alpha value is -1.65. The average Bonchev–Trinajstić information content (AvgIpc) is 3.20. The van der Waals surface area contributed by atoms with Gasteiger partial charge in [0.25, 0.3) is 0 Å². The summed E-state index contributed by atoms with van der Waals surface area (Å²) in [6.45, 7) is 3.90. The number of benzene rings is 4. The minimum absolute atomic E-state index is 0. The molecule has 0 saturated heterocycles. The van der Waals surface area contributed by atoms with E-state index in [2.05, 4.69) is 103 Å². The first-order valence-corrected chi connectivity index (χ1v) is 12.1. The van der Waals surface area contributed by atoms with Crippen LogP contribution in [0.3, 0.4) is 0 Å². The fourth-order valence-electron chi connectivity index (χ4n) is 3.29. The molecule has 0 fully saturated rings. The number of rotatable bonds is 3. The largest absolute Gasteiger partial charge is 4.00 e. The summed E-state index contributed by atoms with van der Waals surface area (Å²) in [4.78, 5) is 0. The van der Waals surface area contributed by atoms with Crippen LogP contribution in [0.2, 0.25) is 0 Å². The van der Waals surface area contributed by atoms with Crippen LogP contribution in [-0.4, -0.2) is 15.6 Å². The number of halogens is 2. The Morgan fingerprint density at radius 2 is 1.24 bits per heavy atom. The summed E-state index contributed by atoms with van der Waals surface area (Å²) >= 11 is 0. The fraction of sp³-hybridized carbons (Fsp3) is 0.172. The van der Waals surface area contributed by atoms with Gasteiger partial charge in [-0.2, -0.15) is 29.8 Å². The van der Waals surface area contributed by atoms with Crippen LogP contribution in [0, 0.1) is 6.07 Å². The predicted molar refractivity (Wildman–Crippen MR) is 137 cm³/mol. The number of hydrogen-bond donors (Lipinski definition) is 0. The van der Waals surface area contributed by atoms with Gasteiger partial charge in [0.15, 0.2) is 0 Å². The molecule has 1 unspecified atom stereocenters. The minimum atomic E-state index is 0. The predicted octanol–water partition coefficient (Wildman–Crippen LogP) is -0.0255. The van der Waals surface area contributed by atoms with Crippen molar-refractivity contribution in [3.63, 3.8) is 0 Å². The number of fused-ring (bicyclic) bond motifs is 3. The summed E-state index contributed by atoms with van der Waals surface area (Å²) in [6.07, 6.45) is 2.02. The van der Waals surface area contributed by atoms with Gasteiger partial charge < -0.3 is 30.5 Å². The van der Waals surface area contributed by atoms with Crippen molar-refractivity contribution in [3.8, 4) is 11.1 Å². The Bertz CT molecular complexity index is 979. The second kappa shape index (κ2) is 17.7. The van der Waals surface area contributed by atoms with Crippen LogP contribution in [0.1, 0.15) is 31.4 Å². The van der Waals surface area contributed by atoms with E-state index in [-0.39, 0.29) is 62.1 Å². The van der Waals surface area contributed by atoms with E-state index >= 15 is 0 Å². The minimum Gasteiger partial charge on any atom is -1.00 e. The third kappa shape index (κ3) is 10.3. The molecular weight excluding hydrogens is 509 g/mol. The van der Waals surface area contributed by atoms with Gasteiger partial charge in [0.1, 0.15) is 9.52 Å². The van der Waals surface area contributed by atoms with Crippen molar-refractivity contribution in [3.05, 3.63) is 126 Å². The normalized spacial score (nSPS) is 10.7. The third-order valence-electron chi connectivity index (χ3n) is 5.16. The van der Waals surface area contributed by atoms with E-state index in [1.807, 2.05) is 19.9 Å². The Morgan fingerprint density at radius 1 is 0.765 bits per heavy atom. The maximum Gasteiger partial charge on any atom is 4.00 e. The van der Waals surface area contributed by atoms with Crippen LogP contribution >= 0.6 is 0 Å². The Labute approximate surface area is 235 Å². The Kier molecular flexibility index (Phi) is 16.9. The molecule has 0 bridgehead atoms. The van der Waals surface area contributed by atoms with Gasteiger partial charge in [-0.15, -0.1) is 11.6 Å². The van der Waals surface area contributed by atoms with Gasteiger partial charge in [-0.25, -0.2) is 0 Å². The molecule has 5 rings (SSSR count). The van der Waals surface area contributed by atoms with E-state index in [4.69, 9.17) is 5.73 Å². The zero-order valence-electron chi connectivity index (χ0n) is 19.6. The van der Waals surface area contributed by atoms with E-state index in [0.29, 0.717) is 0 Å². The molecular formula is C29H30Cl2NSiTi. The van der Waals surface area contributed by atoms with Crippen LogP contribution in [-0.2, 0) is 28.1 Å². The van der Waals surface area contributed by atoms with Crippen molar-refractivity contribution < 1.29 is 46.5 Å². The maximum absolute atomic E-state index is 6.83. The maximum atomic E-state index is 6.83. The summed E-state index contributed by atoms with van der Waals surface area (Å²) in [5.74, 6) is 0. The molecule has 0 aromatic heterocycles. The van der Waals surface area contributed by atoms with Crippen molar-refractivity contribution in [2.75, 3.05) is 0 Å². The molecule has 5 heteroatoms. The quantitative estimate of drug-likeness (QED) is 0.228. The van der Waals surface area contributed by atoms with Gasteiger partial charge in [-0.3, -0.25) is 0 Å². The molecule has 4 aromatic carbocycles. The van der Waals surface area contributed by atoms with Gasteiger partial charge in [-0.1, -0.05) is 127 Å². The average molecular weight is 539 g/mol. The van der Waals surface area contributed by atoms with E-state index in [9.17, 15) is 0 Å². The summed E-state index contributed by atoms with van der Waals surface area (Å²) < 4.78 is 0. The second-order valence-electron chi connectivity index (χ2n) is 7.67. The topological polar surface area (TPSA) is 23.8 Å². The number of nitrogens with one attached hydrogen (secondary N) is 1. The van der Waals surface area contributed by atoms with E-state index in [1.54, 1.807) is 0 Å². The molecule has 173 valence electrons. The summed E-state index contributed by atoms with van der Waals surface area (Å²) in [7, 11) is 0.271. The van der Waals surface area contributed by atoms with Crippen LogP contribution < -0.4 is 35.2 Å². The molecule has 0 heterocycles. The first-order valence-electron chi connectivity index (χ1n) is 10.9. The first kappa shape index (κ1) is 32.4. The van der Waals surface area contributed by atoms with E-state index in [1.165, 1.54) is 32.6 Å². The monoisotopic (exact) mass is 538 g/mol. The molecule has 1 N–H and O–H groups in total. The summed E-state index contributed by atoms with van der Waals surface area (Å²) in [5, 5.41) is 2.90. The van der Waals surface area contributed by atoms with Gasteiger partial charge in [0.05, 0.1) is 0 Å². The Balaban J connectivity index is 0.000000501. The smallest absolute Gasteiger partial charge is 1.00 e. The van der Waals surface area contributed by atoms with Crippen LogP contribution in [0.5, 0.6) is 0 Å². The van der Waals surface area contributed by atoms with Crippen molar-refractivity contribution in [1.29, 1.82) is 0 Å². The molecule has 0 amide bonds. The second-order valence-corrected chi connectivity index (χ2v) is 9.29. The van der Waals surface area contributed by atoms with Crippen LogP contribution in [0.25, 0.3) is 16.9 Å². The fourth-order valence-corrected chi connectivity index (χ4v) is 4.50. The molecule has 0 saturated carbocycles. The molecule has 1 aliphatic rings. The van der Waals surface area contributed by atoms with Crippen LogP contribution in [0.4, 0.5) is 0 Å². The van der Waals surface area contributed by atoms with E-state index < -0.39 is 0 Å². The summed E-state index contributed by atoms with van der Waals surface area (Å²) in [6, 6.07) is 39.6. The summed E-state index contributed by atoms with van der Waals surface area (Å²) in [5.41, 5.74) is 12.3. The molecule has 0 spiro atoms. The number of hydrogen-bond acceptors (Lipinski definition) is 0. The molecule has 1 atom stereocenters.